The average Bonchev–Trinajstić information content (AvgIpc) is 2.85. The number of hydrogen-bond acceptors (Lipinski definition) is 8. The Morgan fingerprint density at radius 2 is 2.11 bits per heavy atom. The highest BCUT2D eigenvalue weighted by Crippen LogP contribution is 2.28. The molecule has 1 unspecified atom stereocenters. The summed E-state index contributed by atoms with van der Waals surface area (Å²) in [6.45, 7) is 1.07. The van der Waals surface area contributed by atoms with Crippen LogP contribution in [0.1, 0.15) is 12.8 Å². The van der Waals surface area contributed by atoms with Gasteiger partial charge in [-0.2, -0.15) is 4.37 Å². The molecule has 1 aliphatic heterocycles. The van der Waals surface area contributed by atoms with E-state index in [1.165, 1.54) is 0 Å². The molecule has 0 spiro atoms. The largest absolute Gasteiger partial charge is 0.472 e. The number of anilines is 1. The molecule has 1 atom stereocenters. The Labute approximate surface area is 109 Å². The second-order valence-electron chi connectivity index (χ2n) is 4.26. The molecule has 102 valence electrons. The molecule has 0 amide bonds. The summed E-state index contributed by atoms with van der Waals surface area (Å²) in [7, 11) is 0. The summed E-state index contributed by atoms with van der Waals surface area (Å²) in [4.78, 5) is 2.01. The van der Waals surface area contributed by atoms with Gasteiger partial charge in [-0.05, 0) is 12.8 Å². The standard InChI is InChI=1S/C10H17N3O4S/c14-5-8(16)6-17-10-9(11-18-12-10)13-3-1-7(15)2-4-13/h7-8,14-16H,1-6H2. The van der Waals surface area contributed by atoms with Gasteiger partial charge in [0.15, 0.2) is 0 Å². The Bertz CT molecular complexity index is 368. The lowest BCUT2D eigenvalue weighted by Crippen LogP contribution is -2.36. The van der Waals surface area contributed by atoms with Gasteiger partial charge in [0.25, 0.3) is 5.88 Å². The fourth-order valence-electron chi connectivity index (χ4n) is 1.77. The fourth-order valence-corrected chi connectivity index (χ4v) is 2.29. The smallest absolute Gasteiger partial charge is 0.270 e. The summed E-state index contributed by atoms with van der Waals surface area (Å²) in [5, 5.41) is 27.4. The molecule has 8 heteroatoms. The van der Waals surface area contributed by atoms with Gasteiger partial charge in [0, 0.05) is 13.1 Å². The SMILES string of the molecule is OCC(O)COc1nsnc1N1CCC(O)CC1. The molecule has 3 N–H and O–H groups in total. The van der Waals surface area contributed by atoms with Gasteiger partial charge in [-0.3, -0.25) is 0 Å². The van der Waals surface area contributed by atoms with Crippen molar-refractivity contribution < 1.29 is 20.1 Å². The van der Waals surface area contributed by atoms with E-state index in [2.05, 4.69) is 8.75 Å². The lowest BCUT2D eigenvalue weighted by Gasteiger charge is -2.29. The highest BCUT2D eigenvalue weighted by Gasteiger charge is 2.23. The molecule has 7 nitrogen and oxygen atoms in total. The van der Waals surface area contributed by atoms with Crippen molar-refractivity contribution in [3.05, 3.63) is 0 Å². The molecule has 1 aromatic rings. The highest BCUT2D eigenvalue weighted by molar-refractivity contribution is 6.99. The number of aliphatic hydroxyl groups is 3. The summed E-state index contributed by atoms with van der Waals surface area (Å²) in [5.74, 6) is 1.03. The van der Waals surface area contributed by atoms with Crippen LogP contribution in [0.2, 0.25) is 0 Å². The topological polar surface area (TPSA) is 98.9 Å². The lowest BCUT2D eigenvalue weighted by molar-refractivity contribution is 0.0524. The molecule has 1 fully saturated rings. The predicted molar refractivity (Wildman–Crippen MR) is 66.0 cm³/mol. The van der Waals surface area contributed by atoms with Crippen molar-refractivity contribution in [1.29, 1.82) is 0 Å². The Morgan fingerprint density at radius 1 is 1.39 bits per heavy atom. The maximum atomic E-state index is 9.45. The van der Waals surface area contributed by atoms with E-state index in [0.29, 0.717) is 37.6 Å². The molecular weight excluding hydrogens is 258 g/mol. The van der Waals surface area contributed by atoms with Crippen molar-refractivity contribution >= 4 is 17.5 Å². The average molecular weight is 275 g/mol. The van der Waals surface area contributed by atoms with Crippen LogP contribution in [0.25, 0.3) is 0 Å². The van der Waals surface area contributed by atoms with Crippen LogP contribution in [-0.4, -0.2) is 62.6 Å². The highest BCUT2D eigenvalue weighted by atomic mass is 32.1. The van der Waals surface area contributed by atoms with Gasteiger partial charge in [0.05, 0.1) is 24.4 Å². The number of aromatic nitrogens is 2. The fraction of sp³-hybridized carbons (Fsp3) is 0.800. The first-order valence-electron chi connectivity index (χ1n) is 5.88. The van der Waals surface area contributed by atoms with E-state index in [1.807, 2.05) is 4.90 Å². The van der Waals surface area contributed by atoms with Gasteiger partial charge in [-0.1, -0.05) is 0 Å². The number of aliphatic hydroxyl groups excluding tert-OH is 3. The number of ether oxygens (including phenoxy) is 1. The molecule has 0 aromatic carbocycles. The zero-order valence-electron chi connectivity index (χ0n) is 9.90. The summed E-state index contributed by atoms with van der Waals surface area (Å²) in [6.07, 6.45) is 0.253. The zero-order chi connectivity index (χ0) is 13.0. The summed E-state index contributed by atoms with van der Waals surface area (Å²) >= 11 is 1.05. The monoisotopic (exact) mass is 275 g/mol. The second kappa shape index (κ2) is 6.28. The Hall–Kier alpha value is -0.960. The summed E-state index contributed by atoms with van der Waals surface area (Å²) in [5.41, 5.74) is 0. The number of rotatable bonds is 5. The van der Waals surface area contributed by atoms with Crippen LogP contribution in [0.15, 0.2) is 0 Å². The molecule has 2 rings (SSSR count). The third-order valence-corrected chi connectivity index (χ3v) is 3.33. The van der Waals surface area contributed by atoms with Crippen LogP contribution < -0.4 is 9.64 Å². The minimum absolute atomic E-state index is 0.00855. The minimum Gasteiger partial charge on any atom is -0.472 e. The molecule has 1 aromatic heterocycles. The summed E-state index contributed by atoms with van der Waals surface area (Å²) in [6, 6.07) is 0. The Morgan fingerprint density at radius 3 is 2.78 bits per heavy atom. The first-order valence-corrected chi connectivity index (χ1v) is 6.61. The molecule has 2 heterocycles. The van der Waals surface area contributed by atoms with Gasteiger partial charge in [0.1, 0.15) is 12.7 Å². The van der Waals surface area contributed by atoms with Crippen LogP contribution in [-0.2, 0) is 0 Å². The molecular formula is C10H17N3O4S. The maximum absolute atomic E-state index is 9.45. The third-order valence-electron chi connectivity index (χ3n) is 2.83. The maximum Gasteiger partial charge on any atom is 0.270 e. The van der Waals surface area contributed by atoms with Crippen molar-refractivity contribution in [2.45, 2.75) is 25.0 Å². The molecule has 0 radical (unpaired) electrons. The Balaban J connectivity index is 1.94. The van der Waals surface area contributed by atoms with Gasteiger partial charge in [-0.25, -0.2) is 0 Å². The molecule has 0 bridgehead atoms. The second-order valence-corrected chi connectivity index (χ2v) is 4.79. The van der Waals surface area contributed by atoms with Gasteiger partial charge in [-0.15, -0.1) is 4.37 Å². The third kappa shape index (κ3) is 3.29. The van der Waals surface area contributed by atoms with Gasteiger partial charge in [0.2, 0.25) is 5.82 Å². The van der Waals surface area contributed by atoms with Crippen molar-refractivity contribution in [3.63, 3.8) is 0 Å². The van der Waals surface area contributed by atoms with E-state index >= 15 is 0 Å². The van der Waals surface area contributed by atoms with E-state index in [4.69, 9.17) is 9.84 Å². The Kier molecular flexibility index (Phi) is 4.70. The van der Waals surface area contributed by atoms with E-state index in [-0.39, 0.29) is 19.3 Å². The first kappa shape index (κ1) is 13.5. The van der Waals surface area contributed by atoms with Crippen molar-refractivity contribution in [1.82, 2.24) is 8.75 Å². The van der Waals surface area contributed by atoms with E-state index < -0.39 is 6.10 Å². The molecule has 0 saturated carbocycles. The molecule has 0 aliphatic carbocycles. The van der Waals surface area contributed by atoms with Crippen molar-refractivity contribution in [3.8, 4) is 5.88 Å². The van der Waals surface area contributed by atoms with Gasteiger partial charge < -0.3 is 25.0 Å². The van der Waals surface area contributed by atoms with Crippen LogP contribution in [0.4, 0.5) is 5.82 Å². The molecule has 1 aliphatic rings. The van der Waals surface area contributed by atoms with Crippen molar-refractivity contribution in [2.75, 3.05) is 31.2 Å². The molecule has 18 heavy (non-hydrogen) atoms. The van der Waals surface area contributed by atoms with Crippen molar-refractivity contribution in [2.24, 2.45) is 0 Å². The minimum atomic E-state index is -0.914. The lowest BCUT2D eigenvalue weighted by atomic mass is 10.1. The van der Waals surface area contributed by atoms with Crippen LogP contribution in [0.5, 0.6) is 5.88 Å². The van der Waals surface area contributed by atoms with Crippen LogP contribution in [0, 0.1) is 0 Å². The molecule has 1 saturated heterocycles. The van der Waals surface area contributed by atoms with Crippen LogP contribution in [0.3, 0.4) is 0 Å². The number of nitrogens with zero attached hydrogens (tertiary/aromatic N) is 3. The van der Waals surface area contributed by atoms with E-state index in [9.17, 15) is 10.2 Å². The quantitative estimate of drug-likeness (QED) is 0.649. The first-order chi connectivity index (χ1) is 8.70. The van der Waals surface area contributed by atoms with Gasteiger partial charge >= 0.3 is 0 Å². The van der Waals surface area contributed by atoms with Crippen LogP contribution >= 0.6 is 11.7 Å². The van der Waals surface area contributed by atoms with E-state index in [1.54, 1.807) is 0 Å². The number of piperidine rings is 1. The summed E-state index contributed by atoms with van der Waals surface area (Å²) < 4.78 is 13.5. The van der Waals surface area contributed by atoms with E-state index in [0.717, 1.165) is 11.7 Å². The number of hydrogen-bond donors (Lipinski definition) is 3. The zero-order valence-corrected chi connectivity index (χ0v) is 10.7. The predicted octanol–water partition coefficient (Wildman–Crippen LogP) is -0.769. The normalized spacial score (nSPS) is 18.9.